The number of anilines is 1. The molecule has 0 spiro atoms. The van der Waals surface area contributed by atoms with E-state index in [-0.39, 0.29) is 24.1 Å². The first-order chi connectivity index (χ1) is 8.98. The predicted molar refractivity (Wildman–Crippen MR) is 75.1 cm³/mol. The molecule has 1 aromatic carbocycles. The Morgan fingerprint density at radius 1 is 1.40 bits per heavy atom. The van der Waals surface area contributed by atoms with Crippen LogP contribution in [0.15, 0.2) is 18.2 Å². The molecule has 20 heavy (non-hydrogen) atoms. The van der Waals surface area contributed by atoms with Crippen LogP contribution in [-0.2, 0) is 4.79 Å². The summed E-state index contributed by atoms with van der Waals surface area (Å²) < 4.78 is 0.742. The quantitative estimate of drug-likeness (QED) is 0.434. The first kappa shape index (κ1) is 16.8. The molecule has 0 saturated carbocycles. The van der Waals surface area contributed by atoms with E-state index in [0.717, 1.165) is 36.2 Å². The fourth-order valence-corrected chi connectivity index (χ4v) is 2.38. The number of likely N-dealkylation sites (N-methyl/N-ethyl adjacent to an activating group) is 1. The van der Waals surface area contributed by atoms with Crippen molar-refractivity contribution in [1.29, 1.82) is 0 Å². The van der Waals surface area contributed by atoms with E-state index in [0.29, 0.717) is 12.2 Å². The average molecular weight is 300 g/mol. The number of hydrogen-bond acceptors (Lipinski definition) is 3. The smallest absolute Gasteiger partial charge is 0.279 e. The number of carbonyl (C=O) groups excluding carboxylic acids is 1. The highest BCUT2D eigenvalue weighted by Gasteiger charge is 2.27. The van der Waals surface area contributed by atoms with Crippen LogP contribution in [0, 0.1) is 6.92 Å². The molecule has 1 aliphatic heterocycles. The molecule has 1 saturated heterocycles. The zero-order valence-corrected chi connectivity index (χ0v) is 12.7. The highest BCUT2D eigenvalue weighted by molar-refractivity contribution is 5.93. The third-order valence-corrected chi connectivity index (χ3v) is 3.61. The number of phenols is 1. The third-order valence-electron chi connectivity index (χ3n) is 3.61. The fourth-order valence-electron chi connectivity index (χ4n) is 2.38. The second-order valence-electron chi connectivity index (χ2n) is 5.54. The maximum absolute atomic E-state index is 12.1. The Hall–Kier alpha value is -1.30. The van der Waals surface area contributed by atoms with Gasteiger partial charge in [0.25, 0.3) is 5.91 Å². The minimum Gasteiger partial charge on any atom is -1.00 e. The Labute approximate surface area is 126 Å². The highest BCUT2D eigenvalue weighted by Crippen LogP contribution is 2.23. The van der Waals surface area contributed by atoms with Gasteiger partial charge in [0.15, 0.2) is 6.54 Å². The van der Waals surface area contributed by atoms with Crippen LogP contribution in [-0.4, -0.2) is 55.3 Å². The Kier molecular flexibility index (Phi) is 5.80. The van der Waals surface area contributed by atoms with Gasteiger partial charge in [0.05, 0.1) is 25.8 Å². The maximum atomic E-state index is 12.1. The summed E-state index contributed by atoms with van der Waals surface area (Å²) in [6.07, 6.45) is 0. The third kappa shape index (κ3) is 4.37. The van der Waals surface area contributed by atoms with E-state index in [4.69, 9.17) is 0 Å². The van der Waals surface area contributed by atoms with Crippen LogP contribution in [0.4, 0.5) is 5.69 Å². The van der Waals surface area contributed by atoms with E-state index in [2.05, 4.69) is 17.7 Å². The van der Waals surface area contributed by atoms with E-state index >= 15 is 0 Å². The van der Waals surface area contributed by atoms with Gasteiger partial charge in [-0.05, 0) is 24.6 Å². The number of carbonyl (C=O) groups is 1. The molecular formula is C14H22ClN3O2. The number of phenolic OH excluding ortho intramolecular Hbond substituents is 1. The van der Waals surface area contributed by atoms with Gasteiger partial charge in [-0.25, -0.2) is 0 Å². The Morgan fingerprint density at radius 2 is 2.05 bits per heavy atom. The van der Waals surface area contributed by atoms with Gasteiger partial charge in [-0.2, -0.15) is 0 Å². The first-order valence-corrected chi connectivity index (χ1v) is 6.62. The number of aryl methyl sites for hydroxylation is 1. The van der Waals surface area contributed by atoms with Gasteiger partial charge >= 0.3 is 0 Å². The lowest BCUT2D eigenvalue weighted by Crippen LogP contribution is -3.00. The number of aromatic hydroxyl groups is 1. The molecule has 112 valence electrons. The van der Waals surface area contributed by atoms with Crippen LogP contribution >= 0.6 is 0 Å². The second kappa shape index (κ2) is 6.92. The Bertz CT molecular complexity index is 473. The van der Waals surface area contributed by atoms with Crippen molar-refractivity contribution in [2.45, 2.75) is 6.92 Å². The molecule has 5 nitrogen and oxygen atoms in total. The molecule has 1 aliphatic rings. The largest absolute Gasteiger partial charge is 1.00 e. The van der Waals surface area contributed by atoms with Crippen molar-refractivity contribution in [3.8, 4) is 5.75 Å². The van der Waals surface area contributed by atoms with Crippen LogP contribution in [0.1, 0.15) is 5.56 Å². The first-order valence-electron chi connectivity index (χ1n) is 6.62. The molecule has 0 aromatic heterocycles. The summed E-state index contributed by atoms with van der Waals surface area (Å²) in [6, 6.07) is 5.26. The van der Waals surface area contributed by atoms with Crippen molar-refractivity contribution < 1.29 is 26.8 Å². The maximum Gasteiger partial charge on any atom is 0.279 e. The molecule has 0 unspecified atom stereocenters. The van der Waals surface area contributed by atoms with Crippen molar-refractivity contribution >= 4 is 11.6 Å². The Balaban J connectivity index is 0.00000200. The summed E-state index contributed by atoms with van der Waals surface area (Å²) in [6.45, 7) is 6.13. The normalized spacial score (nSPS) is 17.1. The number of rotatable bonds is 3. The molecule has 0 aliphatic carbocycles. The van der Waals surface area contributed by atoms with Gasteiger partial charge in [0.1, 0.15) is 5.75 Å². The van der Waals surface area contributed by atoms with Crippen molar-refractivity contribution in [2.75, 3.05) is 45.1 Å². The molecule has 1 amide bonds. The summed E-state index contributed by atoms with van der Waals surface area (Å²) in [5.41, 5.74) is 1.45. The SMILES string of the molecule is Cc1ccc(NC(=O)C[N+]2(C)CCNCC2)c(O)c1.[Cl-]. The summed E-state index contributed by atoms with van der Waals surface area (Å²) in [5, 5.41) is 15.9. The molecule has 0 atom stereocenters. The summed E-state index contributed by atoms with van der Waals surface area (Å²) in [5.74, 6) is 0.0693. The number of nitrogens with zero attached hydrogens (tertiary/aromatic N) is 1. The number of amides is 1. The van der Waals surface area contributed by atoms with Crippen molar-refractivity contribution in [1.82, 2.24) is 5.32 Å². The van der Waals surface area contributed by atoms with Crippen molar-refractivity contribution in [2.24, 2.45) is 0 Å². The zero-order valence-electron chi connectivity index (χ0n) is 11.9. The van der Waals surface area contributed by atoms with Gasteiger partial charge in [-0.15, -0.1) is 0 Å². The number of hydrogen-bond donors (Lipinski definition) is 3. The van der Waals surface area contributed by atoms with Crippen molar-refractivity contribution in [3.63, 3.8) is 0 Å². The second-order valence-corrected chi connectivity index (χ2v) is 5.54. The molecule has 3 N–H and O–H groups in total. The van der Waals surface area contributed by atoms with Crippen molar-refractivity contribution in [3.05, 3.63) is 23.8 Å². The van der Waals surface area contributed by atoms with Gasteiger partial charge in [-0.3, -0.25) is 4.79 Å². The number of nitrogens with one attached hydrogen (secondary N) is 2. The Morgan fingerprint density at radius 3 is 2.65 bits per heavy atom. The van der Waals surface area contributed by atoms with E-state index in [1.807, 2.05) is 13.0 Å². The van der Waals surface area contributed by atoms with E-state index in [1.165, 1.54) is 0 Å². The van der Waals surface area contributed by atoms with Crippen LogP contribution in [0.25, 0.3) is 0 Å². The standard InChI is InChI=1S/C14H21N3O2.ClH/c1-11-3-4-12(13(18)9-11)16-14(19)10-17(2)7-5-15-6-8-17;/h3-4,9,15H,5-8,10H2,1-2H3,(H-,16,18,19);1H. The highest BCUT2D eigenvalue weighted by atomic mass is 35.5. The van der Waals surface area contributed by atoms with Gasteiger partial charge in [0.2, 0.25) is 0 Å². The molecule has 1 fully saturated rings. The molecular weight excluding hydrogens is 278 g/mol. The minimum absolute atomic E-state index is 0. The molecule has 0 bridgehead atoms. The molecule has 6 heteroatoms. The lowest BCUT2D eigenvalue weighted by atomic mass is 10.2. The number of halogens is 1. The molecule has 2 rings (SSSR count). The summed E-state index contributed by atoms with van der Waals surface area (Å²) >= 11 is 0. The monoisotopic (exact) mass is 299 g/mol. The van der Waals surface area contributed by atoms with E-state index in [1.54, 1.807) is 12.1 Å². The molecule has 1 heterocycles. The van der Waals surface area contributed by atoms with Crippen LogP contribution in [0.3, 0.4) is 0 Å². The molecule has 0 radical (unpaired) electrons. The summed E-state index contributed by atoms with van der Waals surface area (Å²) in [7, 11) is 2.09. The van der Waals surface area contributed by atoms with Crippen LogP contribution in [0.5, 0.6) is 5.75 Å². The topological polar surface area (TPSA) is 61.4 Å². The lowest BCUT2D eigenvalue weighted by molar-refractivity contribution is -0.903. The predicted octanol–water partition coefficient (Wildman–Crippen LogP) is -2.31. The number of benzene rings is 1. The summed E-state index contributed by atoms with van der Waals surface area (Å²) in [4.78, 5) is 12.1. The van der Waals surface area contributed by atoms with E-state index < -0.39 is 0 Å². The van der Waals surface area contributed by atoms with Gasteiger partial charge < -0.3 is 32.6 Å². The minimum atomic E-state index is -0.0523. The zero-order chi connectivity index (χ0) is 13.9. The average Bonchev–Trinajstić information content (AvgIpc) is 2.33. The van der Waals surface area contributed by atoms with Crippen LogP contribution in [0.2, 0.25) is 0 Å². The van der Waals surface area contributed by atoms with Crippen LogP contribution < -0.4 is 23.0 Å². The number of quaternary nitrogens is 1. The molecule has 1 aromatic rings. The van der Waals surface area contributed by atoms with Gasteiger partial charge in [-0.1, -0.05) is 6.07 Å². The van der Waals surface area contributed by atoms with Gasteiger partial charge in [0, 0.05) is 13.1 Å². The number of piperazine rings is 1. The van der Waals surface area contributed by atoms with E-state index in [9.17, 15) is 9.90 Å². The fraction of sp³-hybridized carbons (Fsp3) is 0.500. The lowest BCUT2D eigenvalue weighted by Gasteiger charge is -2.37.